The third kappa shape index (κ3) is 8.13. The number of carbonyl (C=O) groups excluding carboxylic acids is 2. The minimum atomic E-state index is -0.299. The van der Waals surface area contributed by atoms with E-state index in [9.17, 15) is 9.59 Å². The van der Waals surface area contributed by atoms with Crippen molar-refractivity contribution in [2.45, 2.75) is 0 Å². The Morgan fingerprint density at radius 3 is 1.37 bits per heavy atom. The highest BCUT2D eigenvalue weighted by molar-refractivity contribution is 8.45. The molecule has 6 nitrogen and oxygen atoms in total. The second-order valence-electron chi connectivity index (χ2n) is 4.76. The standard InChI is InChI=1S/C16H14N2O4S8/c1-21-9(19)7-25-13-11(23-5-3-17)27-15(29-13)16-28-12(24-6-4-18)14(30-16)26-8-10(20)22-2/h5-8H2,1-2H3/b16-15-. The molecule has 160 valence electrons. The molecular weight excluding hydrogens is 541 g/mol. The van der Waals surface area contributed by atoms with Gasteiger partial charge in [0.1, 0.15) is 0 Å². The van der Waals surface area contributed by atoms with Gasteiger partial charge < -0.3 is 9.47 Å². The van der Waals surface area contributed by atoms with Gasteiger partial charge in [-0.1, -0.05) is 47.0 Å². The minimum Gasteiger partial charge on any atom is -0.468 e. The van der Waals surface area contributed by atoms with Crippen LogP contribution in [-0.2, 0) is 19.1 Å². The summed E-state index contributed by atoms with van der Waals surface area (Å²) in [5, 5.41) is 17.9. The Morgan fingerprint density at radius 2 is 1.07 bits per heavy atom. The van der Waals surface area contributed by atoms with Crippen LogP contribution in [0.5, 0.6) is 0 Å². The van der Waals surface area contributed by atoms with Crippen molar-refractivity contribution in [2.75, 3.05) is 37.2 Å². The number of thioether (sulfide) groups is 8. The van der Waals surface area contributed by atoms with Gasteiger partial charge in [-0.25, -0.2) is 0 Å². The van der Waals surface area contributed by atoms with Gasteiger partial charge in [0, 0.05) is 0 Å². The van der Waals surface area contributed by atoms with E-state index in [2.05, 4.69) is 12.1 Å². The fraction of sp³-hybridized carbons (Fsp3) is 0.375. The monoisotopic (exact) mass is 554 g/mol. The number of ether oxygens (including phenoxy) is 2. The van der Waals surface area contributed by atoms with Gasteiger partial charge in [-0.05, 0) is 0 Å². The Balaban J connectivity index is 2.13. The number of carbonyl (C=O) groups is 2. The Labute approximate surface area is 208 Å². The van der Waals surface area contributed by atoms with Crippen molar-refractivity contribution in [1.82, 2.24) is 0 Å². The summed E-state index contributed by atoms with van der Waals surface area (Å²) in [6, 6.07) is 4.27. The number of rotatable bonds is 10. The molecule has 30 heavy (non-hydrogen) atoms. The second-order valence-corrected chi connectivity index (χ2v) is 14.3. The molecule has 0 N–H and O–H groups in total. The summed E-state index contributed by atoms with van der Waals surface area (Å²) in [6.07, 6.45) is 0. The molecule has 0 bridgehead atoms. The number of methoxy groups -OCH3 is 2. The average Bonchev–Trinajstić information content (AvgIpc) is 3.36. The van der Waals surface area contributed by atoms with Crippen molar-refractivity contribution in [3.63, 3.8) is 0 Å². The van der Waals surface area contributed by atoms with Crippen LogP contribution < -0.4 is 0 Å². The summed E-state index contributed by atoms with van der Waals surface area (Å²) >= 11 is 12.1. The molecule has 2 aliphatic heterocycles. The van der Waals surface area contributed by atoms with Gasteiger partial charge in [-0.15, -0.1) is 47.0 Å². The fourth-order valence-electron chi connectivity index (χ4n) is 1.63. The maximum absolute atomic E-state index is 11.5. The van der Waals surface area contributed by atoms with E-state index in [4.69, 9.17) is 20.0 Å². The zero-order valence-electron chi connectivity index (χ0n) is 15.6. The highest BCUT2D eigenvalue weighted by Gasteiger charge is 2.31. The molecule has 2 heterocycles. The summed E-state index contributed by atoms with van der Waals surface area (Å²) in [5.74, 6) is 0.478. The van der Waals surface area contributed by atoms with Gasteiger partial charge in [-0.2, -0.15) is 10.5 Å². The Hall–Kier alpha value is -0.0600. The first-order valence-corrected chi connectivity index (χ1v) is 15.1. The molecule has 0 aromatic heterocycles. The SMILES string of the molecule is COC(=O)CSC1=C(SCC#N)S/C(=C2\SC(SCC#N)=C(SCC(=O)OC)S2)S1. The van der Waals surface area contributed by atoms with Crippen LogP contribution in [0.4, 0.5) is 0 Å². The van der Waals surface area contributed by atoms with Crippen molar-refractivity contribution in [2.24, 2.45) is 0 Å². The molecule has 14 heteroatoms. The molecule has 0 amide bonds. The maximum atomic E-state index is 11.5. The molecule has 2 rings (SSSR count). The third-order valence-corrected chi connectivity index (χ3v) is 14.1. The van der Waals surface area contributed by atoms with E-state index < -0.39 is 0 Å². The van der Waals surface area contributed by atoms with Gasteiger partial charge in [0.2, 0.25) is 0 Å². The van der Waals surface area contributed by atoms with Gasteiger partial charge in [0.25, 0.3) is 0 Å². The number of nitrogens with zero attached hydrogens (tertiary/aromatic N) is 2. The zero-order chi connectivity index (χ0) is 21.9. The first kappa shape index (κ1) is 26.2. The van der Waals surface area contributed by atoms with Crippen molar-refractivity contribution in [3.05, 3.63) is 25.4 Å². The van der Waals surface area contributed by atoms with Crippen LogP contribution in [0.15, 0.2) is 25.4 Å². The van der Waals surface area contributed by atoms with Crippen LogP contribution >= 0.6 is 94.1 Å². The third-order valence-electron chi connectivity index (χ3n) is 2.87. The van der Waals surface area contributed by atoms with Crippen LogP contribution in [0, 0.1) is 22.7 Å². The molecule has 0 aromatic carbocycles. The molecule has 0 aromatic rings. The Bertz CT molecular complexity index is 801. The fourth-order valence-corrected chi connectivity index (χ4v) is 12.6. The van der Waals surface area contributed by atoms with Gasteiger partial charge >= 0.3 is 11.9 Å². The van der Waals surface area contributed by atoms with E-state index in [1.807, 2.05) is 0 Å². The lowest BCUT2D eigenvalue weighted by atomic mass is 10.8. The number of hydrogen-bond donors (Lipinski definition) is 0. The maximum Gasteiger partial charge on any atom is 0.316 e. The number of nitriles is 2. The predicted molar refractivity (Wildman–Crippen MR) is 137 cm³/mol. The quantitative estimate of drug-likeness (QED) is 0.311. The van der Waals surface area contributed by atoms with Crippen molar-refractivity contribution < 1.29 is 19.1 Å². The van der Waals surface area contributed by atoms with E-state index in [-0.39, 0.29) is 23.4 Å². The first-order valence-electron chi connectivity index (χ1n) is 7.85. The zero-order valence-corrected chi connectivity index (χ0v) is 22.2. The normalized spacial score (nSPS) is 18.4. The van der Waals surface area contributed by atoms with Gasteiger partial charge in [-0.3, -0.25) is 9.59 Å². The van der Waals surface area contributed by atoms with E-state index >= 15 is 0 Å². The number of esters is 2. The van der Waals surface area contributed by atoms with E-state index in [1.165, 1.54) is 61.3 Å². The van der Waals surface area contributed by atoms with Crippen LogP contribution in [0.25, 0.3) is 0 Å². The summed E-state index contributed by atoms with van der Waals surface area (Å²) in [5.41, 5.74) is 0. The predicted octanol–water partition coefficient (Wildman–Crippen LogP) is 5.65. The molecule has 0 radical (unpaired) electrons. The number of hydrogen-bond acceptors (Lipinski definition) is 14. The summed E-state index contributed by atoms with van der Waals surface area (Å²) in [6.45, 7) is 0. The van der Waals surface area contributed by atoms with Crippen molar-refractivity contribution in [3.8, 4) is 12.1 Å². The Morgan fingerprint density at radius 1 is 0.733 bits per heavy atom. The molecule has 0 unspecified atom stereocenters. The summed E-state index contributed by atoms with van der Waals surface area (Å²) in [4.78, 5) is 23.1. The average molecular weight is 555 g/mol. The highest BCUT2D eigenvalue weighted by atomic mass is 32.3. The topological polar surface area (TPSA) is 100 Å². The van der Waals surface area contributed by atoms with Crippen LogP contribution in [-0.4, -0.2) is 49.2 Å². The second kappa shape index (κ2) is 14.2. The molecule has 0 fully saturated rings. The molecule has 0 saturated heterocycles. The molecular formula is C16H14N2O4S8. The smallest absolute Gasteiger partial charge is 0.316 e. The van der Waals surface area contributed by atoms with Crippen molar-refractivity contribution >= 4 is 106 Å². The first-order chi connectivity index (χ1) is 14.5. The lowest BCUT2D eigenvalue weighted by Gasteiger charge is -2.03. The lowest BCUT2D eigenvalue weighted by Crippen LogP contribution is -2.02. The molecule has 0 atom stereocenters. The molecule has 0 spiro atoms. The van der Waals surface area contributed by atoms with Gasteiger partial charge in [0.15, 0.2) is 0 Å². The molecule has 0 saturated carbocycles. The van der Waals surface area contributed by atoms with Crippen LogP contribution in [0.2, 0.25) is 0 Å². The van der Waals surface area contributed by atoms with Gasteiger partial charge in [0.05, 0.1) is 74.8 Å². The molecule has 2 aliphatic rings. The summed E-state index contributed by atoms with van der Waals surface area (Å²) in [7, 11) is 2.72. The van der Waals surface area contributed by atoms with Crippen LogP contribution in [0.3, 0.4) is 0 Å². The molecule has 0 aliphatic carbocycles. The summed E-state index contributed by atoms with van der Waals surface area (Å²) < 4.78 is 15.5. The van der Waals surface area contributed by atoms with E-state index in [1.54, 1.807) is 47.0 Å². The van der Waals surface area contributed by atoms with E-state index in [0.29, 0.717) is 11.5 Å². The lowest BCUT2D eigenvalue weighted by molar-refractivity contribution is -0.138. The van der Waals surface area contributed by atoms with Crippen LogP contribution in [0.1, 0.15) is 0 Å². The highest BCUT2D eigenvalue weighted by Crippen LogP contribution is 2.66. The van der Waals surface area contributed by atoms with Crippen molar-refractivity contribution in [1.29, 1.82) is 10.5 Å². The van der Waals surface area contributed by atoms with E-state index in [0.717, 1.165) is 25.4 Å². The minimum absolute atomic E-state index is 0.209. The largest absolute Gasteiger partial charge is 0.468 e. The Kier molecular flexibility index (Phi) is 12.4.